The molecule has 0 radical (unpaired) electrons. The largest absolute Gasteiger partial charge is 0.369 e. The number of carbonyl (C=O) groups excluding carboxylic acids is 1. The van der Waals surface area contributed by atoms with Crippen molar-refractivity contribution in [1.29, 1.82) is 0 Å². The highest BCUT2D eigenvalue weighted by molar-refractivity contribution is 14.0. The summed E-state index contributed by atoms with van der Waals surface area (Å²) in [6, 6.07) is 9.27. The molecule has 1 saturated carbocycles. The fraction of sp³-hybridized carbons (Fsp3) is 0.579. The maximum atomic E-state index is 11.7. The third kappa shape index (κ3) is 7.48. The Morgan fingerprint density at radius 1 is 1.19 bits per heavy atom. The predicted molar refractivity (Wildman–Crippen MR) is 125 cm³/mol. The van der Waals surface area contributed by atoms with E-state index in [1.165, 1.54) is 5.69 Å². The average molecular weight is 550 g/mol. The van der Waals surface area contributed by atoms with Gasteiger partial charge in [0.2, 0.25) is 5.91 Å². The van der Waals surface area contributed by atoms with E-state index < -0.39 is 0 Å². The van der Waals surface area contributed by atoms with Gasteiger partial charge in [-0.15, -0.1) is 24.0 Å². The molecule has 1 aromatic rings. The second-order valence-electron chi connectivity index (χ2n) is 7.00. The average Bonchev–Trinajstić information content (AvgIpc) is 3.33. The minimum absolute atomic E-state index is 0. The van der Waals surface area contributed by atoms with Gasteiger partial charge in [0.15, 0.2) is 5.96 Å². The summed E-state index contributed by atoms with van der Waals surface area (Å²) in [5.74, 6) is 0.980. The van der Waals surface area contributed by atoms with Crippen LogP contribution in [-0.2, 0) is 4.79 Å². The Morgan fingerprint density at radius 3 is 2.59 bits per heavy atom. The molecule has 1 aromatic carbocycles. The SMILES string of the molecule is CN=C(NCCCC(=O)NC1CC1)NC1CCN(c2ccc(Br)cc2)C1.I. The van der Waals surface area contributed by atoms with Crippen molar-refractivity contribution in [3.8, 4) is 0 Å². The number of carbonyl (C=O) groups is 1. The molecule has 27 heavy (non-hydrogen) atoms. The van der Waals surface area contributed by atoms with Gasteiger partial charge in [-0.2, -0.15) is 0 Å². The fourth-order valence-corrected chi connectivity index (χ4v) is 3.40. The van der Waals surface area contributed by atoms with Gasteiger partial charge in [-0.25, -0.2) is 0 Å². The summed E-state index contributed by atoms with van der Waals surface area (Å²) in [6.45, 7) is 2.75. The van der Waals surface area contributed by atoms with Gasteiger partial charge in [-0.05, 0) is 49.9 Å². The van der Waals surface area contributed by atoms with E-state index in [1.54, 1.807) is 7.05 Å². The molecule has 1 unspecified atom stereocenters. The van der Waals surface area contributed by atoms with Gasteiger partial charge in [0.25, 0.3) is 0 Å². The van der Waals surface area contributed by atoms with Gasteiger partial charge in [0, 0.05) is 55.3 Å². The summed E-state index contributed by atoms with van der Waals surface area (Å²) in [5.41, 5.74) is 1.25. The summed E-state index contributed by atoms with van der Waals surface area (Å²) >= 11 is 3.48. The van der Waals surface area contributed by atoms with Crippen LogP contribution in [0.5, 0.6) is 0 Å². The minimum Gasteiger partial charge on any atom is -0.369 e. The number of aliphatic imine (C=N–C) groups is 1. The minimum atomic E-state index is 0. The number of hydrogen-bond donors (Lipinski definition) is 3. The highest BCUT2D eigenvalue weighted by atomic mass is 127. The van der Waals surface area contributed by atoms with Crippen molar-refractivity contribution < 1.29 is 4.79 Å². The van der Waals surface area contributed by atoms with Crippen LogP contribution in [0.1, 0.15) is 32.1 Å². The lowest BCUT2D eigenvalue weighted by Gasteiger charge is -2.20. The molecule has 0 bridgehead atoms. The van der Waals surface area contributed by atoms with Crippen molar-refractivity contribution in [1.82, 2.24) is 16.0 Å². The lowest BCUT2D eigenvalue weighted by atomic mass is 10.2. The molecule has 1 aliphatic carbocycles. The molecule has 1 atom stereocenters. The number of guanidine groups is 1. The van der Waals surface area contributed by atoms with Gasteiger partial charge in [0.05, 0.1) is 0 Å². The summed E-state index contributed by atoms with van der Waals surface area (Å²) in [5, 5.41) is 9.83. The number of nitrogens with zero attached hydrogens (tertiary/aromatic N) is 2. The molecule has 0 spiro atoms. The van der Waals surface area contributed by atoms with E-state index in [-0.39, 0.29) is 29.9 Å². The summed E-state index contributed by atoms with van der Waals surface area (Å²) in [4.78, 5) is 18.4. The van der Waals surface area contributed by atoms with Crippen molar-refractivity contribution in [2.45, 2.75) is 44.2 Å². The first-order chi connectivity index (χ1) is 12.6. The highest BCUT2D eigenvalue weighted by Crippen LogP contribution is 2.22. The zero-order valence-corrected chi connectivity index (χ0v) is 19.6. The van der Waals surface area contributed by atoms with Crippen LogP contribution < -0.4 is 20.9 Å². The zero-order chi connectivity index (χ0) is 18.4. The van der Waals surface area contributed by atoms with Crippen LogP contribution in [0.3, 0.4) is 0 Å². The van der Waals surface area contributed by atoms with E-state index in [4.69, 9.17) is 0 Å². The fourth-order valence-electron chi connectivity index (χ4n) is 3.14. The topological polar surface area (TPSA) is 68.8 Å². The van der Waals surface area contributed by atoms with E-state index in [0.717, 1.165) is 55.7 Å². The molecule has 150 valence electrons. The van der Waals surface area contributed by atoms with E-state index >= 15 is 0 Å². The Morgan fingerprint density at radius 2 is 1.93 bits per heavy atom. The highest BCUT2D eigenvalue weighted by Gasteiger charge is 2.24. The monoisotopic (exact) mass is 549 g/mol. The molecule has 1 heterocycles. The lowest BCUT2D eigenvalue weighted by molar-refractivity contribution is -0.121. The quantitative estimate of drug-likeness (QED) is 0.212. The van der Waals surface area contributed by atoms with E-state index in [0.29, 0.717) is 18.5 Å². The van der Waals surface area contributed by atoms with Crippen LogP contribution >= 0.6 is 39.9 Å². The number of halogens is 2. The number of benzene rings is 1. The molecular formula is C19H29BrIN5O. The van der Waals surface area contributed by atoms with Gasteiger partial charge in [-0.1, -0.05) is 15.9 Å². The van der Waals surface area contributed by atoms with Crippen LogP contribution in [0.2, 0.25) is 0 Å². The summed E-state index contributed by atoms with van der Waals surface area (Å²) in [7, 11) is 1.79. The Bertz CT molecular complexity index is 635. The Labute approximate surface area is 187 Å². The van der Waals surface area contributed by atoms with Crippen LogP contribution in [0.25, 0.3) is 0 Å². The third-order valence-corrected chi connectivity index (χ3v) is 5.29. The molecule has 1 amide bonds. The predicted octanol–water partition coefficient (Wildman–Crippen LogP) is 2.87. The maximum absolute atomic E-state index is 11.7. The number of anilines is 1. The van der Waals surface area contributed by atoms with Gasteiger partial charge in [-0.3, -0.25) is 9.79 Å². The number of rotatable bonds is 7. The van der Waals surface area contributed by atoms with E-state index in [9.17, 15) is 4.79 Å². The first-order valence-corrected chi connectivity index (χ1v) is 10.2. The molecular weight excluding hydrogens is 521 g/mol. The van der Waals surface area contributed by atoms with Gasteiger partial charge >= 0.3 is 0 Å². The molecule has 1 saturated heterocycles. The zero-order valence-electron chi connectivity index (χ0n) is 15.7. The second-order valence-corrected chi connectivity index (χ2v) is 7.91. The number of nitrogens with one attached hydrogen (secondary N) is 3. The molecule has 2 aliphatic rings. The second kappa shape index (κ2) is 11.1. The Hall–Kier alpha value is -1.03. The summed E-state index contributed by atoms with van der Waals surface area (Å²) in [6.07, 6.45) is 4.75. The molecule has 6 nitrogen and oxygen atoms in total. The third-order valence-electron chi connectivity index (χ3n) is 4.76. The van der Waals surface area contributed by atoms with Crippen LogP contribution in [0.15, 0.2) is 33.7 Å². The van der Waals surface area contributed by atoms with Crippen molar-refractivity contribution in [3.63, 3.8) is 0 Å². The molecule has 3 N–H and O–H groups in total. The van der Waals surface area contributed by atoms with Crippen molar-refractivity contribution in [2.75, 3.05) is 31.6 Å². The first kappa shape index (κ1) is 22.3. The van der Waals surface area contributed by atoms with Gasteiger partial charge in [0.1, 0.15) is 0 Å². The molecule has 8 heteroatoms. The molecule has 1 aliphatic heterocycles. The Balaban J connectivity index is 0.00000261. The van der Waals surface area contributed by atoms with Crippen LogP contribution in [0, 0.1) is 0 Å². The Kier molecular flexibility index (Phi) is 9.14. The van der Waals surface area contributed by atoms with Crippen molar-refractivity contribution in [3.05, 3.63) is 28.7 Å². The normalized spacial score (nSPS) is 19.4. The standard InChI is InChI=1S/C19H28BrN5O.HI/c1-21-19(22-11-2-3-18(26)23-15-6-7-15)24-16-10-12-25(13-16)17-8-4-14(20)5-9-17;/h4-5,8-9,15-16H,2-3,6-7,10-13H2,1H3,(H,23,26)(H2,21,22,24);1H. The smallest absolute Gasteiger partial charge is 0.220 e. The van der Waals surface area contributed by atoms with Crippen LogP contribution in [0.4, 0.5) is 5.69 Å². The first-order valence-electron chi connectivity index (χ1n) is 9.41. The molecule has 2 fully saturated rings. The number of hydrogen-bond acceptors (Lipinski definition) is 3. The number of amides is 1. The van der Waals surface area contributed by atoms with Crippen LogP contribution in [-0.4, -0.2) is 50.6 Å². The van der Waals surface area contributed by atoms with Crippen molar-refractivity contribution in [2.24, 2.45) is 4.99 Å². The van der Waals surface area contributed by atoms with Gasteiger partial charge < -0.3 is 20.9 Å². The summed E-state index contributed by atoms with van der Waals surface area (Å²) < 4.78 is 1.10. The van der Waals surface area contributed by atoms with E-state index in [2.05, 4.69) is 66.0 Å². The maximum Gasteiger partial charge on any atom is 0.220 e. The van der Waals surface area contributed by atoms with E-state index in [1.807, 2.05) is 0 Å². The lowest BCUT2D eigenvalue weighted by Crippen LogP contribution is -2.45. The van der Waals surface area contributed by atoms with Crippen molar-refractivity contribution >= 4 is 57.5 Å². The molecule has 0 aromatic heterocycles. The molecule has 3 rings (SSSR count).